The number of carbonyl (C=O) groups excluding carboxylic acids is 2. The van der Waals surface area contributed by atoms with Gasteiger partial charge >= 0.3 is 0 Å². The SMILES string of the molecule is O=C(CCC(=O)Nc1ccc(F)cc1)NN=Cc1ccccc1F. The van der Waals surface area contributed by atoms with E-state index in [-0.39, 0.29) is 24.3 Å². The van der Waals surface area contributed by atoms with Crippen LogP contribution in [0.15, 0.2) is 53.6 Å². The highest BCUT2D eigenvalue weighted by Crippen LogP contribution is 2.09. The van der Waals surface area contributed by atoms with E-state index in [0.29, 0.717) is 5.69 Å². The van der Waals surface area contributed by atoms with Crippen molar-refractivity contribution in [1.82, 2.24) is 5.43 Å². The van der Waals surface area contributed by atoms with Crippen LogP contribution in [0.4, 0.5) is 14.5 Å². The highest BCUT2D eigenvalue weighted by atomic mass is 19.1. The number of nitrogens with one attached hydrogen (secondary N) is 2. The molecule has 0 saturated carbocycles. The second-order valence-electron chi connectivity index (χ2n) is 4.87. The van der Waals surface area contributed by atoms with Crippen molar-refractivity contribution in [3.8, 4) is 0 Å². The Bertz CT molecular complexity index is 746. The molecule has 24 heavy (non-hydrogen) atoms. The first-order valence-corrected chi connectivity index (χ1v) is 7.16. The van der Waals surface area contributed by atoms with Crippen LogP contribution in [0, 0.1) is 11.6 Å². The monoisotopic (exact) mass is 331 g/mol. The average Bonchev–Trinajstić information content (AvgIpc) is 2.57. The van der Waals surface area contributed by atoms with Gasteiger partial charge in [-0.1, -0.05) is 18.2 Å². The maximum atomic E-state index is 13.3. The summed E-state index contributed by atoms with van der Waals surface area (Å²) in [5.74, 6) is -1.71. The Kier molecular flexibility index (Phi) is 6.13. The summed E-state index contributed by atoms with van der Waals surface area (Å²) in [4.78, 5) is 23.2. The van der Waals surface area contributed by atoms with Crippen molar-refractivity contribution >= 4 is 23.7 Å². The summed E-state index contributed by atoms with van der Waals surface area (Å²) in [6.45, 7) is 0. The van der Waals surface area contributed by atoms with Crippen LogP contribution in [0.2, 0.25) is 0 Å². The standard InChI is InChI=1S/C17H15F2N3O2/c18-13-5-7-14(8-6-13)21-16(23)9-10-17(24)22-20-11-12-3-1-2-4-15(12)19/h1-8,11H,9-10H2,(H,21,23)(H,22,24). The minimum absolute atomic E-state index is 0.0571. The molecule has 2 aromatic carbocycles. The molecule has 0 saturated heterocycles. The third-order valence-electron chi connectivity index (χ3n) is 3.01. The number of anilines is 1. The summed E-state index contributed by atoms with van der Waals surface area (Å²) in [6.07, 6.45) is 1.05. The van der Waals surface area contributed by atoms with E-state index >= 15 is 0 Å². The van der Waals surface area contributed by atoms with Gasteiger partial charge in [0.2, 0.25) is 11.8 Å². The largest absolute Gasteiger partial charge is 0.326 e. The molecule has 2 rings (SSSR count). The quantitative estimate of drug-likeness (QED) is 0.631. The van der Waals surface area contributed by atoms with E-state index in [4.69, 9.17) is 0 Å². The van der Waals surface area contributed by atoms with Crippen molar-refractivity contribution in [3.63, 3.8) is 0 Å². The van der Waals surface area contributed by atoms with Crippen LogP contribution in [0.25, 0.3) is 0 Å². The molecule has 0 fully saturated rings. The Morgan fingerprint density at radius 1 is 0.958 bits per heavy atom. The topological polar surface area (TPSA) is 70.6 Å². The van der Waals surface area contributed by atoms with Crippen molar-refractivity contribution in [3.05, 3.63) is 65.7 Å². The smallest absolute Gasteiger partial charge is 0.240 e. The van der Waals surface area contributed by atoms with Gasteiger partial charge in [-0.25, -0.2) is 14.2 Å². The molecular formula is C17H15F2N3O2. The van der Waals surface area contributed by atoms with Crippen LogP contribution in [-0.2, 0) is 9.59 Å². The van der Waals surface area contributed by atoms with Crippen molar-refractivity contribution < 1.29 is 18.4 Å². The first-order valence-electron chi connectivity index (χ1n) is 7.16. The summed E-state index contributed by atoms with van der Waals surface area (Å²) < 4.78 is 26.1. The number of amides is 2. The number of hydrogen-bond donors (Lipinski definition) is 2. The lowest BCUT2D eigenvalue weighted by Crippen LogP contribution is -2.20. The van der Waals surface area contributed by atoms with Gasteiger partial charge in [0, 0.05) is 24.1 Å². The van der Waals surface area contributed by atoms with E-state index in [2.05, 4.69) is 15.8 Å². The van der Waals surface area contributed by atoms with Crippen LogP contribution < -0.4 is 10.7 Å². The van der Waals surface area contributed by atoms with Gasteiger partial charge in [0.25, 0.3) is 0 Å². The minimum atomic E-state index is -0.475. The van der Waals surface area contributed by atoms with E-state index in [1.54, 1.807) is 12.1 Å². The molecule has 0 aliphatic carbocycles. The molecule has 0 aromatic heterocycles. The molecule has 124 valence electrons. The van der Waals surface area contributed by atoms with Gasteiger partial charge < -0.3 is 5.32 Å². The van der Waals surface area contributed by atoms with Gasteiger partial charge in [0.05, 0.1) is 6.21 Å². The molecule has 0 bridgehead atoms. The summed E-state index contributed by atoms with van der Waals surface area (Å²) in [5, 5.41) is 6.18. The molecular weight excluding hydrogens is 316 g/mol. The fourth-order valence-corrected chi connectivity index (χ4v) is 1.79. The molecule has 0 heterocycles. The second kappa shape index (κ2) is 8.52. The first-order chi connectivity index (χ1) is 11.5. The Hall–Kier alpha value is -3.09. The lowest BCUT2D eigenvalue weighted by molar-refractivity contribution is -0.124. The zero-order valence-corrected chi connectivity index (χ0v) is 12.6. The molecule has 0 spiro atoms. The maximum Gasteiger partial charge on any atom is 0.240 e. The number of hydrazone groups is 1. The summed E-state index contributed by atoms with van der Waals surface area (Å²) in [7, 11) is 0. The van der Waals surface area contributed by atoms with Crippen molar-refractivity contribution in [1.29, 1.82) is 0 Å². The average molecular weight is 331 g/mol. The molecule has 0 aliphatic heterocycles. The third-order valence-corrected chi connectivity index (χ3v) is 3.01. The molecule has 7 heteroatoms. The van der Waals surface area contributed by atoms with Crippen LogP contribution in [-0.4, -0.2) is 18.0 Å². The summed E-state index contributed by atoms with van der Waals surface area (Å²) >= 11 is 0. The van der Waals surface area contributed by atoms with Crippen LogP contribution in [0.3, 0.4) is 0 Å². The first kappa shape index (κ1) is 17.3. The number of hydrogen-bond acceptors (Lipinski definition) is 3. The molecule has 0 aliphatic rings. The van der Waals surface area contributed by atoms with E-state index in [0.717, 1.165) is 0 Å². The van der Waals surface area contributed by atoms with E-state index in [1.807, 2.05) is 0 Å². The number of rotatable bonds is 6. The molecule has 5 nitrogen and oxygen atoms in total. The lowest BCUT2D eigenvalue weighted by Gasteiger charge is -2.04. The zero-order valence-electron chi connectivity index (χ0n) is 12.6. The number of carbonyl (C=O) groups is 2. The summed E-state index contributed by atoms with van der Waals surface area (Å²) in [6, 6.07) is 11.3. The highest BCUT2D eigenvalue weighted by Gasteiger charge is 2.07. The van der Waals surface area contributed by atoms with Gasteiger partial charge in [0.1, 0.15) is 11.6 Å². The van der Waals surface area contributed by atoms with Crippen LogP contribution in [0.5, 0.6) is 0 Å². The van der Waals surface area contributed by atoms with Gasteiger partial charge in [-0.2, -0.15) is 5.10 Å². The highest BCUT2D eigenvalue weighted by molar-refractivity contribution is 5.93. The van der Waals surface area contributed by atoms with E-state index in [1.165, 1.54) is 42.6 Å². The summed E-state index contributed by atoms with van der Waals surface area (Å²) in [5.41, 5.74) is 2.91. The van der Waals surface area contributed by atoms with Crippen molar-refractivity contribution in [2.45, 2.75) is 12.8 Å². The Morgan fingerprint density at radius 3 is 2.33 bits per heavy atom. The van der Waals surface area contributed by atoms with Gasteiger partial charge in [0.15, 0.2) is 0 Å². The predicted octanol–water partition coefficient (Wildman–Crippen LogP) is 2.83. The normalized spacial score (nSPS) is 10.6. The maximum absolute atomic E-state index is 13.3. The minimum Gasteiger partial charge on any atom is -0.326 e. The van der Waals surface area contributed by atoms with Crippen LogP contribution >= 0.6 is 0 Å². The molecule has 0 unspecified atom stereocenters. The van der Waals surface area contributed by atoms with Crippen molar-refractivity contribution in [2.75, 3.05) is 5.32 Å². The third kappa shape index (κ3) is 5.60. The predicted molar refractivity (Wildman–Crippen MR) is 86.4 cm³/mol. The zero-order chi connectivity index (χ0) is 17.4. The van der Waals surface area contributed by atoms with Crippen molar-refractivity contribution in [2.24, 2.45) is 5.10 Å². The number of nitrogens with zero attached hydrogens (tertiary/aromatic N) is 1. The van der Waals surface area contributed by atoms with E-state index < -0.39 is 17.5 Å². The Labute approximate surface area is 137 Å². The second-order valence-corrected chi connectivity index (χ2v) is 4.87. The molecule has 2 aromatic rings. The number of benzene rings is 2. The van der Waals surface area contributed by atoms with E-state index in [9.17, 15) is 18.4 Å². The van der Waals surface area contributed by atoms with Gasteiger partial charge in [-0.05, 0) is 30.3 Å². The molecule has 0 radical (unpaired) electrons. The fourth-order valence-electron chi connectivity index (χ4n) is 1.79. The molecule has 0 atom stereocenters. The Morgan fingerprint density at radius 2 is 1.62 bits per heavy atom. The lowest BCUT2D eigenvalue weighted by atomic mass is 10.2. The van der Waals surface area contributed by atoms with Gasteiger partial charge in [-0.3, -0.25) is 9.59 Å². The van der Waals surface area contributed by atoms with Crippen LogP contribution in [0.1, 0.15) is 18.4 Å². The fraction of sp³-hybridized carbons (Fsp3) is 0.118. The Balaban J connectivity index is 1.73. The van der Waals surface area contributed by atoms with Gasteiger partial charge in [-0.15, -0.1) is 0 Å². The molecule has 2 amide bonds. The number of halogens is 2. The molecule has 2 N–H and O–H groups in total.